The molecule has 7 nitrogen and oxygen atoms in total. The van der Waals surface area contributed by atoms with Crippen LogP contribution in [0.25, 0.3) is 0 Å². The summed E-state index contributed by atoms with van der Waals surface area (Å²) in [5.74, 6) is -1.68. The van der Waals surface area contributed by atoms with E-state index in [9.17, 15) is 9.59 Å². The summed E-state index contributed by atoms with van der Waals surface area (Å²) in [5, 5.41) is 14.6. The van der Waals surface area contributed by atoms with E-state index in [1.165, 1.54) is 0 Å². The van der Waals surface area contributed by atoms with E-state index < -0.39 is 33.2 Å². The van der Waals surface area contributed by atoms with Gasteiger partial charge in [-0.25, -0.2) is 11.1 Å². The SMILES string of the molecule is O=C(O)/C=C\C(=O)Nc1ccc2c(c1)C(CNc1cccc(I)c1)=NI=N2. The fourth-order valence-electron chi connectivity index (χ4n) is 2.31. The van der Waals surface area contributed by atoms with E-state index in [1.54, 1.807) is 6.07 Å². The van der Waals surface area contributed by atoms with Crippen LogP contribution in [0.4, 0.5) is 17.1 Å². The zero-order valence-corrected chi connectivity index (χ0v) is 18.1. The van der Waals surface area contributed by atoms with Crippen LogP contribution in [0.2, 0.25) is 0 Å². The highest BCUT2D eigenvalue weighted by atomic mass is 127. The number of hydrogen-bond donors (Lipinski definition) is 3. The van der Waals surface area contributed by atoms with E-state index in [-0.39, 0.29) is 0 Å². The summed E-state index contributed by atoms with van der Waals surface area (Å²) >= 11 is 1.63. The molecule has 1 aliphatic heterocycles. The summed E-state index contributed by atoms with van der Waals surface area (Å²) in [7, 11) is 0. The molecule has 0 saturated heterocycles. The molecule has 0 fully saturated rings. The van der Waals surface area contributed by atoms with Gasteiger partial charge in [0.1, 0.15) is 21.3 Å². The molecule has 1 heterocycles. The number of halogens is 2. The van der Waals surface area contributed by atoms with Gasteiger partial charge in [0, 0.05) is 32.7 Å². The van der Waals surface area contributed by atoms with E-state index in [0.717, 1.165) is 38.4 Å². The number of nitrogens with zero attached hydrogens (tertiary/aromatic N) is 2. The molecule has 138 valence electrons. The van der Waals surface area contributed by atoms with Crippen LogP contribution in [0.3, 0.4) is 0 Å². The molecule has 0 saturated carbocycles. The molecule has 0 bridgehead atoms. The van der Waals surface area contributed by atoms with Gasteiger partial charge in [-0.1, -0.05) is 6.07 Å². The van der Waals surface area contributed by atoms with Crippen molar-refractivity contribution in [1.82, 2.24) is 0 Å². The summed E-state index contributed by atoms with van der Waals surface area (Å²) in [6.45, 7) is 0.554. The molecule has 0 radical (unpaired) electrons. The van der Waals surface area contributed by atoms with E-state index in [2.05, 4.69) is 45.6 Å². The summed E-state index contributed by atoms with van der Waals surface area (Å²) in [6.07, 6.45) is 1.77. The monoisotopic (exact) mass is 588 g/mol. The summed E-state index contributed by atoms with van der Waals surface area (Å²) < 4.78 is 10.2. The topological polar surface area (TPSA) is 103 Å². The third-order valence-electron chi connectivity index (χ3n) is 3.51. The summed E-state index contributed by atoms with van der Waals surface area (Å²) in [6, 6.07) is 13.5. The Bertz CT molecular complexity index is 986. The van der Waals surface area contributed by atoms with Crippen molar-refractivity contribution in [2.75, 3.05) is 17.2 Å². The normalized spacial score (nSPS) is 12.7. The van der Waals surface area contributed by atoms with Crippen LogP contribution in [0, 0.1) is 3.57 Å². The predicted octanol–water partition coefficient (Wildman–Crippen LogP) is 4.49. The van der Waals surface area contributed by atoms with E-state index in [0.29, 0.717) is 12.2 Å². The maximum Gasteiger partial charge on any atom is 0.328 e. The number of benzene rings is 2. The van der Waals surface area contributed by atoms with Gasteiger partial charge in [-0.3, -0.25) is 4.79 Å². The second-order valence-electron chi connectivity index (χ2n) is 5.45. The number of anilines is 2. The Morgan fingerprint density at radius 1 is 1.15 bits per heavy atom. The zero-order chi connectivity index (χ0) is 19.2. The molecular weight excluding hydrogens is 574 g/mol. The lowest BCUT2D eigenvalue weighted by Gasteiger charge is -2.15. The van der Waals surface area contributed by atoms with Gasteiger partial charge < -0.3 is 15.7 Å². The van der Waals surface area contributed by atoms with E-state index in [4.69, 9.17) is 5.11 Å². The fourth-order valence-corrected chi connectivity index (χ4v) is 4.30. The lowest BCUT2D eigenvalue weighted by atomic mass is 10.1. The van der Waals surface area contributed by atoms with Crippen LogP contribution < -0.4 is 10.6 Å². The van der Waals surface area contributed by atoms with Crippen LogP contribution in [0.1, 0.15) is 5.56 Å². The number of aliphatic carboxylic acids is 1. The van der Waals surface area contributed by atoms with Crippen molar-refractivity contribution in [1.29, 1.82) is 0 Å². The third-order valence-corrected chi connectivity index (χ3v) is 5.71. The van der Waals surface area contributed by atoms with Crippen LogP contribution in [0.5, 0.6) is 0 Å². The largest absolute Gasteiger partial charge is 0.478 e. The molecule has 2 aromatic carbocycles. The molecule has 3 rings (SSSR count). The second-order valence-corrected chi connectivity index (χ2v) is 8.09. The number of carbonyl (C=O) groups is 2. The molecule has 1 aliphatic rings. The lowest BCUT2D eigenvalue weighted by Crippen LogP contribution is -2.16. The van der Waals surface area contributed by atoms with E-state index >= 15 is 0 Å². The standard InChI is InChI=1S/C18H14I2N4O3/c19-11-2-1-3-12(8-11)21-10-16-14-9-13(4-5-15(14)23-20-24-16)22-17(25)6-7-18(26)27/h1-9,21H,10H2,(H,22,25)(H,26,27)/b7-6-. The summed E-state index contributed by atoms with van der Waals surface area (Å²) in [4.78, 5) is 22.3. The van der Waals surface area contributed by atoms with Gasteiger partial charge in [-0.15, -0.1) is 0 Å². The molecule has 0 aliphatic carbocycles. The molecule has 0 unspecified atom stereocenters. The Labute approximate surface area is 179 Å². The van der Waals surface area contributed by atoms with Gasteiger partial charge in [0.15, 0.2) is 0 Å². The van der Waals surface area contributed by atoms with Crippen molar-refractivity contribution in [2.24, 2.45) is 6.35 Å². The number of carboxylic acids is 1. The van der Waals surface area contributed by atoms with Gasteiger partial charge in [-0.2, -0.15) is 0 Å². The Balaban J connectivity index is 1.74. The van der Waals surface area contributed by atoms with Gasteiger partial charge in [-0.05, 0) is 59.0 Å². The predicted molar refractivity (Wildman–Crippen MR) is 122 cm³/mol. The van der Waals surface area contributed by atoms with Gasteiger partial charge >= 0.3 is 5.97 Å². The molecule has 0 aromatic heterocycles. The minimum absolute atomic E-state index is 0.506. The highest BCUT2D eigenvalue weighted by Gasteiger charge is 2.14. The lowest BCUT2D eigenvalue weighted by molar-refractivity contribution is -0.131. The first-order valence-electron chi connectivity index (χ1n) is 7.78. The Morgan fingerprint density at radius 3 is 2.78 bits per heavy atom. The Hall–Kier alpha value is -2.15. The van der Waals surface area contributed by atoms with Crippen LogP contribution in [-0.2, 0) is 9.59 Å². The maximum atomic E-state index is 11.8. The molecule has 3 N–H and O–H groups in total. The van der Waals surface area contributed by atoms with Crippen molar-refractivity contribution in [3.63, 3.8) is 0 Å². The molecular formula is C18H14I2N4O3. The Morgan fingerprint density at radius 2 is 2.00 bits per heavy atom. The quantitative estimate of drug-likeness (QED) is 0.342. The molecule has 1 amide bonds. The maximum absolute atomic E-state index is 11.8. The average molecular weight is 588 g/mol. The van der Waals surface area contributed by atoms with Crippen LogP contribution in [0.15, 0.2) is 61.0 Å². The second kappa shape index (κ2) is 9.17. The molecule has 2 aromatic rings. The van der Waals surface area contributed by atoms with Gasteiger partial charge in [0.2, 0.25) is 5.91 Å². The van der Waals surface area contributed by atoms with Crippen molar-refractivity contribution >= 4 is 78.5 Å². The molecule has 0 atom stereocenters. The zero-order valence-electron chi connectivity index (χ0n) is 13.8. The first kappa shape index (κ1) is 19.6. The first-order valence-corrected chi connectivity index (χ1v) is 10.8. The van der Waals surface area contributed by atoms with Crippen LogP contribution in [-0.4, -0.2) is 29.2 Å². The van der Waals surface area contributed by atoms with Crippen molar-refractivity contribution in [2.45, 2.75) is 0 Å². The number of carbonyl (C=O) groups excluding carboxylic acids is 1. The van der Waals surface area contributed by atoms with E-state index in [1.807, 2.05) is 30.3 Å². The number of nitrogens with one attached hydrogen (secondary N) is 2. The minimum atomic E-state index is -1.17. The third kappa shape index (κ3) is 5.66. The van der Waals surface area contributed by atoms with Gasteiger partial charge in [0.25, 0.3) is 0 Å². The number of rotatable bonds is 6. The summed E-state index contributed by atoms with van der Waals surface area (Å²) in [5.41, 5.74) is 4.18. The molecule has 0 spiro atoms. The Kier molecular flexibility index (Phi) is 6.66. The highest BCUT2D eigenvalue weighted by Crippen LogP contribution is 2.32. The number of hydrogen-bond acceptors (Lipinski definition) is 5. The number of amides is 1. The van der Waals surface area contributed by atoms with Crippen molar-refractivity contribution in [3.05, 3.63) is 63.8 Å². The average Bonchev–Trinajstić information content (AvgIpc) is 2.65. The van der Waals surface area contributed by atoms with Crippen molar-refractivity contribution in [3.8, 4) is 0 Å². The highest BCUT2D eigenvalue weighted by molar-refractivity contribution is 14.1. The number of fused-ring (bicyclic) bond motifs is 1. The number of carboxylic acid groups (broad SMARTS) is 1. The molecule has 27 heavy (non-hydrogen) atoms. The first-order chi connectivity index (χ1) is 13.0. The van der Waals surface area contributed by atoms with Crippen LogP contribution >= 0.6 is 43.9 Å². The minimum Gasteiger partial charge on any atom is -0.478 e. The smallest absolute Gasteiger partial charge is 0.328 e. The van der Waals surface area contributed by atoms with Crippen molar-refractivity contribution < 1.29 is 14.7 Å². The van der Waals surface area contributed by atoms with Gasteiger partial charge in [0.05, 0.1) is 17.9 Å². The molecule has 9 heteroatoms. The fraction of sp³-hybridized carbons (Fsp3) is 0.0556.